The third-order valence-electron chi connectivity index (χ3n) is 1.98. The number of aromatic amines is 1. The molecule has 0 atom stereocenters. The number of rotatable bonds is 3. The van der Waals surface area contributed by atoms with Crippen LogP contribution in [0.15, 0.2) is 12.5 Å². The molecule has 0 aliphatic carbocycles. The van der Waals surface area contributed by atoms with Crippen molar-refractivity contribution >= 4 is 9.76 Å². The Morgan fingerprint density at radius 3 is 2.36 bits per heavy atom. The first-order valence-corrected chi connectivity index (χ1v) is 6.23. The molecule has 0 spiro atoms. The van der Waals surface area contributed by atoms with Crippen LogP contribution in [0.25, 0.3) is 0 Å². The molecule has 0 aliphatic heterocycles. The molecule has 0 aromatic carbocycles. The minimum atomic E-state index is -0.531. The standard InChI is InChI=1S/C10H20N2OSi/c1-9(2,3)14-13-10(4,5)8-6-11-7-12-8/h6-7H,14H2,1-5H3,(H,11,12). The van der Waals surface area contributed by atoms with Crippen LogP contribution in [0.3, 0.4) is 0 Å². The number of nitrogens with one attached hydrogen (secondary N) is 1. The van der Waals surface area contributed by atoms with Gasteiger partial charge in [0.05, 0.1) is 17.6 Å². The number of hydrogen-bond acceptors (Lipinski definition) is 2. The van der Waals surface area contributed by atoms with Gasteiger partial charge in [-0.25, -0.2) is 4.98 Å². The molecule has 80 valence electrons. The van der Waals surface area contributed by atoms with Crippen molar-refractivity contribution < 1.29 is 4.43 Å². The van der Waals surface area contributed by atoms with Crippen LogP contribution in [-0.4, -0.2) is 19.7 Å². The summed E-state index contributed by atoms with van der Waals surface area (Å²) in [6.45, 7) is 10.8. The average molecular weight is 212 g/mol. The van der Waals surface area contributed by atoms with Crippen LogP contribution in [0.2, 0.25) is 5.04 Å². The van der Waals surface area contributed by atoms with E-state index in [-0.39, 0.29) is 5.60 Å². The Morgan fingerprint density at radius 1 is 1.29 bits per heavy atom. The molecule has 0 aliphatic rings. The third-order valence-corrected chi connectivity index (χ3v) is 3.71. The normalized spacial score (nSPS) is 14.1. The zero-order chi connectivity index (χ0) is 10.8. The van der Waals surface area contributed by atoms with E-state index in [4.69, 9.17) is 4.43 Å². The maximum absolute atomic E-state index is 5.99. The van der Waals surface area contributed by atoms with Crippen molar-refractivity contribution in [3.05, 3.63) is 18.2 Å². The number of aromatic nitrogens is 2. The Bertz CT molecular complexity index is 275. The first kappa shape index (κ1) is 11.5. The highest BCUT2D eigenvalue weighted by molar-refractivity contribution is 6.31. The second-order valence-corrected chi connectivity index (χ2v) is 8.01. The van der Waals surface area contributed by atoms with Gasteiger partial charge in [0.25, 0.3) is 0 Å². The van der Waals surface area contributed by atoms with Gasteiger partial charge in [0.2, 0.25) is 0 Å². The largest absolute Gasteiger partial charge is 0.413 e. The molecule has 1 aromatic heterocycles. The fourth-order valence-electron chi connectivity index (χ4n) is 1.06. The summed E-state index contributed by atoms with van der Waals surface area (Å²) < 4.78 is 5.99. The zero-order valence-electron chi connectivity index (χ0n) is 9.72. The molecule has 0 fully saturated rings. The predicted molar refractivity (Wildman–Crippen MR) is 61.0 cm³/mol. The highest BCUT2D eigenvalue weighted by atomic mass is 28.2. The average Bonchev–Trinajstić information content (AvgIpc) is 2.52. The fraction of sp³-hybridized carbons (Fsp3) is 0.700. The fourth-order valence-corrected chi connectivity index (χ4v) is 2.00. The van der Waals surface area contributed by atoms with Gasteiger partial charge in [-0.15, -0.1) is 0 Å². The van der Waals surface area contributed by atoms with Gasteiger partial charge in [-0.05, 0) is 18.9 Å². The molecule has 14 heavy (non-hydrogen) atoms. The maximum atomic E-state index is 5.99. The summed E-state index contributed by atoms with van der Waals surface area (Å²) in [5.74, 6) is 0. The van der Waals surface area contributed by atoms with Gasteiger partial charge < -0.3 is 9.41 Å². The molecule has 1 heterocycles. The Hall–Kier alpha value is -0.613. The van der Waals surface area contributed by atoms with Crippen molar-refractivity contribution in [1.29, 1.82) is 0 Å². The lowest BCUT2D eigenvalue weighted by Crippen LogP contribution is -2.27. The molecule has 1 aromatic rings. The van der Waals surface area contributed by atoms with Crippen LogP contribution in [-0.2, 0) is 10.0 Å². The van der Waals surface area contributed by atoms with Gasteiger partial charge in [0.1, 0.15) is 0 Å². The van der Waals surface area contributed by atoms with Crippen molar-refractivity contribution in [3.8, 4) is 0 Å². The van der Waals surface area contributed by atoms with Crippen molar-refractivity contribution in [3.63, 3.8) is 0 Å². The Labute approximate surface area is 88.2 Å². The van der Waals surface area contributed by atoms with Gasteiger partial charge >= 0.3 is 0 Å². The number of H-pyrrole nitrogens is 1. The molecule has 0 amide bonds. The van der Waals surface area contributed by atoms with Gasteiger partial charge in [0.15, 0.2) is 9.76 Å². The lowest BCUT2D eigenvalue weighted by Gasteiger charge is -2.28. The monoisotopic (exact) mass is 212 g/mol. The number of hydrogen-bond donors (Lipinski definition) is 1. The predicted octanol–water partition coefficient (Wildman–Crippen LogP) is 1.96. The molecule has 1 rings (SSSR count). The number of nitrogens with zero attached hydrogens (tertiary/aromatic N) is 1. The molecule has 3 nitrogen and oxygen atoms in total. The summed E-state index contributed by atoms with van der Waals surface area (Å²) in [7, 11) is -0.531. The topological polar surface area (TPSA) is 37.9 Å². The number of imidazole rings is 1. The van der Waals surface area contributed by atoms with Crippen LogP contribution in [0.5, 0.6) is 0 Å². The van der Waals surface area contributed by atoms with Gasteiger partial charge in [0, 0.05) is 6.20 Å². The van der Waals surface area contributed by atoms with E-state index in [0.717, 1.165) is 5.69 Å². The maximum Gasteiger partial charge on any atom is 0.168 e. The Morgan fingerprint density at radius 2 is 1.93 bits per heavy atom. The van der Waals surface area contributed by atoms with Crippen molar-refractivity contribution in [2.45, 2.75) is 45.3 Å². The molecule has 0 bridgehead atoms. The van der Waals surface area contributed by atoms with Crippen molar-refractivity contribution in [2.75, 3.05) is 0 Å². The summed E-state index contributed by atoms with van der Waals surface area (Å²) in [5, 5.41) is 0.327. The highest BCUT2D eigenvalue weighted by Gasteiger charge is 2.25. The summed E-state index contributed by atoms with van der Waals surface area (Å²) in [4.78, 5) is 7.19. The van der Waals surface area contributed by atoms with E-state index in [9.17, 15) is 0 Å². The quantitative estimate of drug-likeness (QED) is 0.778. The van der Waals surface area contributed by atoms with Crippen LogP contribution >= 0.6 is 0 Å². The Balaban J connectivity index is 2.59. The first-order valence-electron chi connectivity index (χ1n) is 4.94. The first-order chi connectivity index (χ1) is 6.31. The lowest BCUT2D eigenvalue weighted by molar-refractivity contribution is 0.105. The van der Waals surface area contributed by atoms with Crippen molar-refractivity contribution in [1.82, 2.24) is 9.97 Å². The minimum Gasteiger partial charge on any atom is -0.413 e. The molecule has 0 saturated carbocycles. The van der Waals surface area contributed by atoms with Gasteiger partial charge in [-0.3, -0.25) is 0 Å². The van der Waals surface area contributed by atoms with Crippen LogP contribution in [0.4, 0.5) is 0 Å². The SMILES string of the molecule is CC(C)(C)[SiH2]OC(C)(C)c1c[nH]cn1. The summed E-state index contributed by atoms with van der Waals surface area (Å²) in [6.07, 6.45) is 3.59. The molecule has 1 N–H and O–H groups in total. The Kier molecular flexibility index (Phi) is 3.16. The van der Waals surface area contributed by atoms with Crippen LogP contribution < -0.4 is 0 Å². The molecule has 0 unspecified atom stereocenters. The van der Waals surface area contributed by atoms with Gasteiger partial charge in [-0.1, -0.05) is 20.8 Å². The summed E-state index contributed by atoms with van der Waals surface area (Å²) in [5.41, 5.74) is 0.730. The van der Waals surface area contributed by atoms with E-state index >= 15 is 0 Å². The zero-order valence-corrected chi connectivity index (χ0v) is 11.1. The summed E-state index contributed by atoms with van der Waals surface area (Å²) >= 11 is 0. The van der Waals surface area contributed by atoms with E-state index in [1.165, 1.54) is 0 Å². The molecular weight excluding hydrogens is 192 g/mol. The molecule has 4 heteroatoms. The smallest absolute Gasteiger partial charge is 0.168 e. The minimum absolute atomic E-state index is 0.250. The molecule has 0 saturated heterocycles. The molecule has 0 radical (unpaired) electrons. The van der Waals surface area contributed by atoms with E-state index in [0.29, 0.717) is 5.04 Å². The van der Waals surface area contributed by atoms with E-state index in [2.05, 4.69) is 44.6 Å². The second kappa shape index (κ2) is 3.86. The second-order valence-electron chi connectivity index (χ2n) is 5.31. The van der Waals surface area contributed by atoms with Crippen LogP contribution in [0.1, 0.15) is 40.3 Å². The highest BCUT2D eigenvalue weighted by Crippen LogP contribution is 2.27. The summed E-state index contributed by atoms with van der Waals surface area (Å²) in [6, 6.07) is 0. The van der Waals surface area contributed by atoms with E-state index in [1.807, 2.05) is 6.20 Å². The van der Waals surface area contributed by atoms with Gasteiger partial charge in [-0.2, -0.15) is 0 Å². The van der Waals surface area contributed by atoms with E-state index < -0.39 is 9.76 Å². The third kappa shape index (κ3) is 3.27. The van der Waals surface area contributed by atoms with E-state index in [1.54, 1.807) is 6.33 Å². The van der Waals surface area contributed by atoms with Crippen LogP contribution in [0, 0.1) is 0 Å². The van der Waals surface area contributed by atoms with Crippen molar-refractivity contribution in [2.24, 2.45) is 0 Å². The molecular formula is C10H20N2OSi. The lowest BCUT2D eigenvalue weighted by atomic mass is 10.1.